The molecule has 0 spiro atoms. The van der Waals surface area contributed by atoms with Crippen LogP contribution in [0.25, 0.3) is 11.1 Å². The maximum atomic E-state index is 15.5. The molecular formula is C24H14BrF8IN2O2. The summed E-state index contributed by atoms with van der Waals surface area (Å²) in [7, 11) is 1.10. The predicted molar refractivity (Wildman–Crippen MR) is 135 cm³/mol. The standard InChI is InChI=1S/C24H14BrF8IN2O2/c1-36(19-16(25)9-11(10-17(19)34)22(27,23(28,29)30)24(31,32)33)21(38)15-8-4-7-13(18(15)26)12-5-2-3-6-14(12)20(35)37/h2-10H,1H3,(H2,35,37). The Bertz CT molecular complexity index is 1390. The molecule has 0 saturated heterocycles. The number of nitrogens with zero attached hydrogens (tertiary/aromatic N) is 1. The minimum Gasteiger partial charge on any atom is -0.366 e. The number of anilines is 1. The summed E-state index contributed by atoms with van der Waals surface area (Å²) in [5, 5.41) is 0. The van der Waals surface area contributed by atoms with Gasteiger partial charge in [0, 0.05) is 31.8 Å². The Kier molecular flexibility index (Phi) is 8.18. The van der Waals surface area contributed by atoms with Crippen LogP contribution in [0.2, 0.25) is 0 Å². The van der Waals surface area contributed by atoms with E-state index in [0.29, 0.717) is 6.07 Å². The Morgan fingerprint density at radius 2 is 1.39 bits per heavy atom. The van der Waals surface area contributed by atoms with Crippen molar-refractivity contribution in [1.29, 1.82) is 0 Å². The van der Waals surface area contributed by atoms with E-state index in [9.17, 15) is 40.3 Å². The van der Waals surface area contributed by atoms with Crippen molar-refractivity contribution in [3.05, 3.63) is 85.1 Å². The third-order valence-electron chi connectivity index (χ3n) is 5.55. The van der Waals surface area contributed by atoms with E-state index in [1.54, 1.807) is 0 Å². The molecular weight excluding hydrogens is 707 g/mol. The number of rotatable bonds is 5. The molecule has 0 atom stereocenters. The zero-order valence-electron chi connectivity index (χ0n) is 18.8. The largest absolute Gasteiger partial charge is 0.435 e. The highest BCUT2D eigenvalue weighted by Gasteiger charge is 2.73. The molecule has 2 N–H and O–H groups in total. The van der Waals surface area contributed by atoms with Crippen LogP contribution in [0, 0.1) is 9.39 Å². The highest BCUT2D eigenvalue weighted by Crippen LogP contribution is 2.54. The zero-order chi connectivity index (χ0) is 28.8. The molecule has 0 bridgehead atoms. The van der Waals surface area contributed by atoms with Gasteiger partial charge in [0.05, 0.1) is 11.3 Å². The molecule has 0 saturated carbocycles. The van der Waals surface area contributed by atoms with Crippen molar-refractivity contribution in [2.75, 3.05) is 11.9 Å². The summed E-state index contributed by atoms with van der Waals surface area (Å²) in [5.41, 5.74) is -2.95. The second-order valence-electron chi connectivity index (χ2n) is 7.88. The molecule has 0 fully saturated rings. The van der Waals surface area contributed by atoms with Crippen LogP contribution in [-0.4, -0.2) is 31.2 Å². The van der Waals surface area contributed by atoms with Crippen molar-refractivity contribution >= 4 is 56.0 Å². The molecule has 0 aliphatic heterocycles. The fourth-order valence-corrected chi connectivity index (χ4v) is 5.78. The van der Waals surface area contributed by atoms with E-state index in [2.05, 4.69) is 15.9 Å². The first-order chi connectivity index (χ1) is 17.4. The normalized spacial score (nSPS) is 12.4. The molecule has 4 nitrogen and oxygen atoms in total. The van der Waals surface area contributed by atoms with Crippen LogP contribution in [0.15, 0.2) is 59.1 Å². The summed E-state index contributed by atoms with van der Waals surface area (Å²) in [4.78, 5) is 25.8. The number of carbonyl (C=O) groups is 2. The van der Waals surface area contributed by atoms with Crippen LogP contribution >= 0.6 is 38.5 Å². The molecule has 202 valence electrons. The highest BCUT2D eigenvalue weighted by molar-refractivity contribution is 14.1. The smallest absolute Gasteiger partial charge is 0.366 e. The third kappa shape index (κ3) is 5.11. The van der Waals surface area contributed by atoms with E-state index < -0.39 is 51.3 Å². The monoisotopic (exact) mass is 720 g/mol. The van der Waals surface area contributed by atoms with Gasteiger partial charge < -0.3 is 10.6 Å². The average molecular weight is 721 g/mol. The molecule has 2 amide bonds. The number of hydrogen-bond donors (Lipinski definition) is 1. The lowest BCUT2D eigenvalue weighted by Crippen LogP contribution is -2.50. The van der Waals surface area contributed by atoms with Crippen molar-refractivity contribution < 1.29 is 44.7 Å². The number of hydrogen-bond acceptors (Lipinski definition) is 2. The second-order valence-corrected chi connectivity index (χ2v) is 9.90. The summed E-state index contributed by atoms with van der Waals surface area (Å²) in [6.07, 6.45) is -12.7. The molecule has 14 heteroatoms. The molecule has 0 unspecified atom stereocenters. The summed E-state index contributed by atoms with van der Waals surface area (Å²) < 4.78 is 108. The van der Waals surface area contributed by atoms with Crippen LogP contribution in [0.4, 0.5) is 40.8 Å². The lowest BCUT2D eigenvalue weighted by molar-refractivity contribution is -0.348. The SMILES string of the molecule is CN(C(=O)c1cccc(-c2ccccc2C(N)=O)c1F)c1c(Br)cc(C(F)(C(F)(F)F)C(F)(F)F)cc1I. The Labute approximate surface area is 232 Å². The van der Waals surface area contributed by atoms with Gasteiger partial charge in [0.25, 0.3) is 5.91 Å². The zero-order valence-corrected chi connectivity index (χ0v) is 22.6. The Morgan fingerprint density at radius 3 is 1.92 bits per heavy atom. The lowest BCUT2D eigenvalue weighted by atomic mass is 9.94. The number of carbonyl (C=O) groups excluding carboxylic acids is 2. The van der Waals surface area contributed by atoms with Gasteiger partial charge in [0.2, 0.25) is 5.91 Å². The predicted octanol–water partition coefficient (Wildman–Crippen LogP) is 7.52. The van der Waals surface area contributed by atoms with E-state index in [-0.39, 0.29) is 32.0 Å². The van der Waals surface area contributed by atoms with Gasteiger partial charge in [0.1, 0.15) is 5.82 Å². The molecule has 3 rings (SSSR count). The van der Waals surface area contributed by atoms with Gasteiger partial charge in [0.15, 0.2) is 0 Å². The molecule has 0 aliphatic carbocycles. The van der Waals surface area contributed by atoms with Crippen LogP contribution in [0.3, 0.4) is 0 Å². The fourth-order valence-electron chi connectivity index (χ4n) is 3.69. The van der Waals surface area contributed by atoms with Crippen LogP contribution < -0.4 is 10.6 Å². The molecule has 0 heterocycles. The maximum absolute atomic E-state index is 15.5. The van der Waals surface area contributed by atoms with E-state index in [1.165, 1.54) is 59.0 Å². The van der Waals surface area contributed by atoms with Gasteiger partial charge in [-0.1, -0.05) is 30.3 Å². The Hall–Kier alpha value is -2.75. The summed E-state index contributed by atoms with van der Waals surface area (Å²) >= 11 is 4.16. The van der Waals surface area contributed by atoms with Gasteiger partial charge in [-0.05, 0) is 68.3 Å². The van der Waals surface area contributed by atoms with E-state index in [0.717, 1.165) is 18.0 Å². The number of nitrogens with two attached hydrogens (primary N) is 1. The number of amides is 2. The molecule has 0 aliphatic rings. The van der Waals surface area contributed by atoms with Crippen molar-refractivity contribution in [2.24, 2.45) is 5.73 Å². The van der Waals surface area contributed by atoms with Gasteiger partial charge >= 0.3 is 18.0 Å². The van der Waals surface area contributed by atoms with Crippen molar-refractivity contribution in [3.63, 3.8) is 0 Å². The summed E-state index contributed by atoms with van der Waals surface area (Å²) in [6.45, 7) is 0. The Balaban J connectivity index is 2.10. The first kappa shape index (κ1) is 29.8. The Morgan fingerprint density at radius 1 is 0.868 bits per heavy atom. The molecule has 38 heavy (non-hydrogen) atoms. The lowest BCUT2D eigenvalue weighted by Gasteiger charge is -2.31. The quantitative estimate of drug-likeness (QED) is 0.219. The van der Waals surface area contributed by atoms with E-state index in [1.807, 2.05) is 0 Å². The second kappa shape index (κ2) is 10.4. The number of primary amides is 1. The molecule has 0 radical (unpaired) electrons. The summed E-state index contributed by atoms with van der Waals surface area (Å²) in [6, 6.07) is 10.0. The van der Waals surface area contributed by atoms with Gasteiger partial charge in [-0.15, -0.1) is 0 Å². The summed E-state index contributed by atoms with van der Waals surface area (Å²) in [5.74, 6) is -2.95. The van der Waals surface area contributed by atoms with E-state index >= 15 is 4.39 Å². The number of alkyl halides is 7. The first-order valence-electron chi connectivity index (χ1n) is 10.2. The van der Waals surface area contributed by atoms with Crippen molar-refractivity contribution in [1.82, 2.24) is 0 Å². The van der Waals surface area contributed by atoms with Crippen LogP contribution in [-0.2, 0) is 5.67 Å². The fraction of sp³-hybridized carbons (Fsp3) is 0.167. The minimum atomic E-state index is -6.33. The van der Waals surface area contributed by atoms with Gasteiger partial charge in [-0.2, -0.15) is 26.3 Å². The topological polar surface area (TPSA) is 63.4 Å². The van der Waals surface area contributed by atoms with Crippen LogP contribution in [0.1, 0.15) is 26.3 Å². The average Bonchev–Trinajstić information content (AvgIpc) is 2.81. The number of benzene rings is 3. The molecule has 3 aromatic rings. The molecule has 3 aromatic carbocycles. The van der Waals surface area contributed by atoms with Crippen molar-refractivity contribution in [3.8, 4) is 11.1 Å². The van der Waals surface area contributed by atoms with Gasteiger partial charge in [-0.25, -0.2) is 8.78 Å². The van der Waals surface area contributed by atoms with Crippen LogP contribution in [0.5, 0.6) is 0 Å². The first-order valence-corrected chi connectivity index (χ1v) is 12.1. The molecule has 0 aromatic heterocycles. The van der Waals surface area contributed by atoms with Crippen molar-refractivity contribution in [2.45, 2.75) is 18.0 Å². The van der Waals surface area contributed by atoms with E-state index in [4.69, 9.17) is 5.73 Å². The highest BCUT2D eigenvalue weighted by atomic mass is 127. The number of halogens is 10. The third-order valence-corrected chi connectivity index (χ3v) is 6.97. The van der Waals surface area contributed by atoms with Gasteiger partial charge in [-0.3, -0.25) is 9.59 Å². The minimum absolute atomic E-state index is 0.0266. The maximum Gasteiger partial charge on any atom is 0.435 e.